The summed E-state index contributed by atoms with van der Waals surface area (Å²) in [4.78, 5) is 16.0. The summed E-state index contributed by atoms with van der Waals surface area (Å²) in [5, 5.41) is 9.40. The largest absolute Gasteiger partial charge is 0.459 e. The van der Waals surface area contributed by atoms with Gasteiger partial charge in [-0.15, -0.1) is 24.0 Å². The Bertz CT molecular complexity index is 584. The van der Waals surface area contributed by atoms with Crippen LogP contribution in [-0.4, -0.2) is 51.3 Å². The van der Waals surface area contributed by atoms with Crippen LogP contribution in [0.1, 0.15) is 44.2 Å². The van der Waals surface area contributed by atoms with Gasteiger partial charge in [-0.2, -0.15) is 0 Å². The molecule has 0 saturated carbocycles. The van der Waals surface area contributed by atoms with Crippen molar-refractivity contribution >= 4 is 35.8 Å². The van der Waals surface area contributed by atoms with E-state index >= 15 is 0 Å². The number of carbonyl (C=O) groups is 1. The predicted molar refractivity (Wildman–Crippen MR) is 118 cm³/mol. The SMILES string of the molecule is CN=C(NCCNC(=O)c1ccco1)NCC1CCCOC1C(C)(C)C.I. The third-order valence-corrected chi connectivity index (χ3v) is 4.50. The maximum absolute atomic E-state index is 11.8. The van der Waals surface area contributed by atoms with E-state index in [4.69, 9.17) is 9.15 Å². The molecule has 8 heteroatoms. The molecule has 2 rings (SSSR count). The number of aliphatic imine (C=N–C) groups is 1. The third-order valence-electron chi connectivity index (χ3n) is 4.50. The molecule has 0 aromatic carbocycles. The Balaban J connectivity index is 0.00000364. The molecule has 2 heterocycles. The number of halogens is 1. The Kier molecular flexibility index (Phi) is 10.1. The van der Waals surface area contributed by atoms with Gasteiger partial charge in [0.05, 0.1) is 12.4 Å². The van der Waals surface area contributed by atoms with E-state index < -0.39 is 0 Å². The highest BCUT2D eigenvalue weighted by Gasteiger charge is 2.35. The van der Waals surface area contributed by atoms with Crippen LogP contribution < -0.4 is 16.0 Å². The van der Waals surface area contributed by atoms with Gasteiger partial charge in [0.25, 0.3) is 5.91 Å². The molecule has 0 radical (unpaired) electrons. The molecule has 7 nitrogen and oxygen atoms in total. The first-order chi connectivity index (χ1) is 12.4. The topological polar surface area (TPSA) is 87.9 Å². The minimum atomic E-state index is -0.216. The first kappa shape index (κ1) is 23.7. The zero-order chi connectivity index (χ0) is 19.0. The highest BCUT2D eigenvalue weighted by molar-refractivity contribution is 14.0. The summed E-state index contributed by atoms with van der Waals surface area (Å²) in [6, 6.07) is 3.33. The number of nitrogens with zero attached hydrogens (tertiary/aromatic N) is 1. The molecule has 1 aromatic heterocycles. The first-order valence-corrected chi connectivity index (χ1v) is 9.29. The van der Waals surface area contributed by atoms with Crippen molar-refractivity contribution in [3.8, 4) is 0 Å². The molecule has 1 aliphatic heterocycles. The Hall–Kier alpha value is -1.29. The number of hydrogen-bond donors (Lipinski definition) is 3. The highest BCUT2D eigenvalue weighted by Crippen LogP contribution is 2.33. The van der Waals surface area contributed by atoms with E-state index in [0.717, 1.165) is 32.0 Å². The highest BCUT2D eigenvalue weighted by atomic mass is 127. The Morgan fingerprint density at radius 2 is 2.00 bits per heavy atom. The molecule has 2 unspecified atom stereocenters. The van der Waals surface area contributed by atoms with E-state index in [2.05, 4.69) is 41.7 Å². The molecule has 1 amide bonds. The van der Waals surface area contributed by atoms with Gasteiger partial charge in [0.15, 0.2) is 11.7 Å². The van der Waals surface area contributed by atoms with E-state index in [1.165, 1.54) is 6.26 Å². The lowest BCUT2D eigenvalue weighted by Crippen LogP contribution is -2.48. The van der Waals surface area contributed by atoms with Crippen LogP contribution in [0.2, 0.25) is 0 Å². The Morgan fingerprint density at radius 3 is 2.63 bits per heavy atom. The maximum Gasteiger partial charge on any atom is 0.287 e. The summed E-state index contributed by atoms with van der Waals surface area (Å²) in [6.07, 6.45) is 3.99. The quantitative estimate of drug-likeness (QED) is 0.246. The van der Waals surface area contributed by atoms with Crippen molar-refractivity contribution in [1.29, 1.82) is 0 Å². The molecule has 27 heavy (non-hydrogen) atoms. The van der Waals surface area contributed by atoms with E-state index in [0.29, 0.717) is 24.8 Å². The lowest BCUT2D eigenvalue weighted by molar-refractivity contribution is -0.0835. The van der Waals surface area contributed by atoms with Crippen LogP contribution in [0.4, 0.5) is 0 Å². The van der Waals surface area contributed by atoms with Crippen molar-refractivity contribution in [1.82, 2.24) is 16.0 Å². The molecule has 3 N–H and O–H groups in total. The normalized spacial score (nSPS) is 20.5. The van der Waals surface area contributed by atoms with Gasteiger partial charge >= 0.3 is 0 Å². The van der Waals surface area contributed by atoms with Crippen molar-refractivity contribution in [2.45, 2.75) is 39.7 Å². The Labute approximate surface area is 179 Å². The summed E-state index contributed by atoms with van der Waals surface area (Å²) in [6.45, 7) is 9.41. The van der Waals surface area contributed by atoms with E-state index in [1.54, 1.807) is 19.2 Å². The monoisotopic (exact) mass is 492 g/mol. The van der Waals surface area contributed by atoms with E-state index in [1.807, 2.05) is 0 Å². The van der Waals surface area contributed by atoms with Crippen molar-refractivity contribution < 1.29 is 13.9 Å². The van der Waals surface area contributed by atoms with E-state index in [9.17, 15) is 4.79 Å². The average molecular weight is 492 g/mol. The summed E-state index contributed by atoms with van der Waals surface area (Å²) < 4.78 is 11.1. The molecule has 2 atom stereocenters. The molecule has 1 fully saturated rings. The van der Waals surface area contributed by atoms with Gasteiger partial charge in [0.1, 0.15) is 0 Å². The van der Waals surface area contributed by atoms with E-state index in [-0.39, 0.29) is 41.4 Å². The molecule has 0 spiro atoms. The van der Waals surface area contributed by atoms with Gasteiger partial charge < -0.3 is 25.1 Å². The number of nitrogens with one attached hydrogen (secondary N) is 3. The van der Waals surface area contributed by atoms with Gasteiger partial charge in [-0.25, -0.2) is 0 Å². The minimum absolute atomic E-state index is 0. The van der Waals surface area contributed by atoms with Crippen LogP contribution in [0, 0.1) is 11.3 Å². The summed E-state index contributed by atoms with van der Waals surface area (Å²) >= 11 is 0. The van der Waals surface area contributed by atoms with Crippen LogP contribution in [0.5, 0.6) is 0 Å². The molecular weight excluding hydrogens is 459 g/mol. The molecule has 0 aliphatic carbocycles. The number of carbonyl (C=O) groups excluding carboxylic acids is 1. The van der Waals surface area contributed by atoms with Gasteiger partial charge in [-0.1, -0.05) is 20.8 Å². The second-order valence-electron chi connectivity index (χ2n) is 7.67. The number of amides is 1. The first-order valence-electron chi connectivity index (χ1n) is 9.29. The van der Waals surface area contributed by atoms with Crippen LogP contribution in [0.25, 0.3) is 0 Å². The second-order valence-corrected chi connectivity index (χ2v) is 7.67. The van der Waals surface area contributed by atoms with Crippen LogP contribution in [0.3, 0.4) is 0 Å². The zero-order valence-corrected chi connectivity index (χ0v) is 19.0. The fraction of sp³-hybridized carbons (Fsp3) is 0.684. The number of ether oxygens (including phenoxy) is 1. The van der Waals surface area contributed by atoms with Gasteiger partial charge in [0, 0.05) is 39.2 Å². The molecule has 1 aromatic rings. The summed E-state index contributed by atoms with van der Waals surface area (Å²) in [5.41, 5.74) is 0.125. The predicted octanol–water partition coefficient (Wildman–Crippen LogP) is 2.63. The number of furan rings is 1. The van der Waals surface area contributed by atoms with Gasteiger partial charge in [-0.3, -0.25) is 9.79 Å². The second kappa shape index (κ2) is 11.5. The number of rotatable bonds is 6. The smallest absolute Gasteiger partial charge is 0.287 e. The van der Waals surface area contributed by atoms with Gasteiger partial charge in [-0.05, 0) is 30.4 Å². The van der Waals surface area contributed by atoms with Crippen molar-refractivity contribution in [3.63, 3.8) is 0 Å². The van der Waals surface area contributed by atoms with Crippen LogP contribution in [-0.2, 0) is 4.74 Å². The number of guanidine groups is 1. The fourth-order valence-electron chi connectivity index (χ4n) is 3.31. The molecular formula is C19H33IN4O3. The zero-order valence-electron chi connectivity index (χ0n) is 16.7. The lowest BCUT2D eigenvalue weighted by atomic mass is 9.78. The average Bonchev–Trinajstić information content (AvgIpc) is 3.15. The standard InChI is InChI=1S/C19H32N4O3.HI/c1-19(2,3)16-14(7-5-12-26-16)13-23-18(20-4)22-10-9-21-17(24)15-8-6-11-25-15;/h6,8,11,14,16H,5,7,9-10,12-13H2,1-4H3,(H,21,24)(H2,20,22,23);1H. The van der Waals surface area contributed by atoms with Crippen LogP contribution >= 0.6 is 24.0 Å². The molecule has 1 saturated heterocycles. The van der Waals surface area contributed by atoms with Crippen LogP contribution in [0.15, 0.2) is 27.8 Å². The minimum Gasteiger partial charge on any atom is -0.459 e. The Morgan fingerprint density at radius 1 is 1.26 bits per heavy atom. The third kappa shape index (κ3) is 7.69. The van der Waals surface area contributed by atoms with Crippen molar-refractivity contribution in [2.75, 3.05) is 33.3 Å². The van der Waals surface area contributed by atoms with Gasteiger partial charge in [0.2, 0.25) is 0 Å². The number of hydrogen-bond acceptors (Lipinski definition) is 4. The maximum atomic E-state index is 11.8. The van der Waals surface area contributed by atoms with Crippen molar-refractivity contribution in [2.24, 2.45) is 16.3 Å². The lowest BCUT2D eigenvalue weighted by Gasteiger charge is -2.40. The fourth-order valence-corrected chi connectivity index (χ4v) is 3.31. The molecule has 0 bridgehead atoms. The summed E-state index contributed by atoms with van der Waals surface area (Å²) in [5.74, 6) is 1.29. The molecule has 154 valence electrons. The van der Waals surface area contributed by atoms with Crippen molar-refractivity contribution in [3.05, 3.63) is 24.2 Å². The molecule has 1 aliphatic rings. The summed E-state index contributed by atoms with van der Waals surface area (Å²) in [7, 11) is 1.75.